The number of carbonyl (C=O) groups excluding carboxylic acids is 1. The second-order valence-electron chi connectivity index (χ2n) is 6.67. The average Bonchev–Trinajstić information content (AvgIpc) is 3.09. The van der Waals surface area contributed by atoms with Crippen LogP contribution in [0.1, 0.15) is 24.1 Å². The van der Waals surface area contributed by atoms with Gasteiger partial charge in [0.25, 0.3) is 0 Å². The highest BCUT2D eigenvalue weighted by atomic mass is 79.9. The van der Waals surface area contributed by atoms with Gasteiger partial charge in [0, 0.05) is 22.1 Å². The molecule has 2 saturated heterocycles. The number of nitrogens with one attached hydrogen (secondary N) is 2. The number of aryl methyl sites for hydroxylation is 1. The molecule has 2 heterocycles. The molecule has 1 amide bonds. The van der Waals surface area contributed by atoms with Crippen molar-refractivity contribution in [2.24, 2.45) is 5.92 Å². The molecule has 4 rings (SSSR count). The standard InChI is InChI=1S/C19H20BrN3O/c1-11-3-9-15(10-4-11)23-18(13-5-7-14(20)8-6-13)16-12(2)21-22-17(16)19(23)24/h3-10,12,16-18,21-22H,1-2H3. The van der Waals surface area contributed by atoms with Crippen LogP contribution in [0.15, 0.2) is 53.0 Å². The van der Waals surface area contributed by atoms with Crippen LogP contribution in [-0.2, 0) is 4.79 Å². The third-order valence-corrected chi connectivity index (χ3v) is 5.63. The van der Waals surface area contributed by atoms with Crippen LogP contribution >= 0.6 is 15.9 Å². The summed E-state index contributed by atoms with van der Waals surface area (Å²) in [6, 6.07) is 16.6. The van der Waals surface area contributed by atoms with Crippen molar-refractivity contribution in [2.45, 2.75) is 32.0 Å². The van der Waals surface area contributed by atoms with E-state index in [2.05, 4.69) is 64.9 Å². The van der Waals surface area contributed by atoms with E-state index in [1.165, 1.54) is 5.56 Å². The van der Waals surface area contributed by atoms with Gasteiger partial charge in [0.2, 0.25) is 5.91 Å². The van der Waals surface area contributed by atoms with Crippen molar-refractivity contribution in [3.8, 4) is 0 Å². The zero-order valence-corrected chi connectivity index (χ0v) is 15.2. The van der Waals surface area contributed by atoms with Gasteiger partial charge in [-0.2, -0.15) is 0 Å². The fraction of sp³-hybridized carbons (Fsp3) is 0.316. The first-order valence-electron chi connectivity index (χ1n) is 8.22. The first-order chi connectivity index (χ1) is 11.6. The molecule has 5 heteroatoms. The Morgan fingerprint density at radius 1 is 1.00 bits per heavy atom. The first-order valence-corrected chi connectivity index (χ1v) is 9.02. The number of nitrogens with zero attached hydrogens (tertiary/aromatic N) is 1. The maximum atomic E-state index is 13.1. The highest BCUT2D eigenvalue weighted by Crippen LogP contribution is 2.44. The van der Waals surface area contributed by atoms with E-state index in [-0.39, 0.29) is 30.0 Å². The summed E-state index contributed by atoms with van der Waals surface area (Å²) in [6.45, 7) is 4.19. The first kappa shape index (κ1) is 15.8. The Labute approximate surface area is 150 Å². The number of fused-ring (bicyclic) bond motifs is 1. The molecule has 0 spiro atoms. The molecule has 0 radical (unpaired) electrons. The van der Waals surface area contributed by atoms with Gasteiger partial charge in [-0.3, -0.25) is 10.2 Å². The van der Waals surface area contributed by atoms with Gasteiger partial charge in [-0.1, -0.05) is 45.8 Å². The maximum Gasteiger partial charge on any atom is 0.246 e. The number of hydrogen-bond acceptors (Lipinski definition) is 3. The van der Waals surface area contributed by atoms with Crippen molar-refractivity contribution in [2.75, 3.05) is 4.90 Å². The topological polar surface area (TPSA) is 44.4 Å². The number of rotatable bonds is 2. The second kappa shape index (κ2) is 5.99. The highest BCUT2D eigenvalue weighted by molar-refractivity contribution is 9.10. The Balaban J connectivity index is 1.81. The summed E-state index contributed by atoms with van der Waals surface area (Å²) >= 11 is 3.50. The third kappa shape index (κ3) is 2.48. The molecule has 0 saturated carbocycles. The Morgan fingerprint density at radius 3 is 2.33 bits per heavy atom. The number of halogens is 1. The molecule has 2 aromatic rings. The van der Waals surface area contributed by atoms with Crippen molar-refractivity contribution in [3.63, 3.8) is 0 Å². The molecule has 2 N–H and O–H groups in total. The summed E-state index contributed by atoms with van der Waals surface area (Å²) < 4.78 is 1.05. The highest BCUT2D eigenvalue weighted by Gasteiger charge is 2.54. The summed E-state index contributed by atoms with van der Waals surface area (Å²) in [4.78, 5) is 15.0. The van der Waals surface area contributed by atoms with E-state index < -0.39 is 0 Å². The Bertz CT molecular complexity index is 759. The molecule has 124 valence electrons. The van der Waals surface area contributed by atoms with Gasteiger partial charge in [0.05, 0.1) is 6.04 Å². The van der Waals surface area contributed by atoms with Crippen LogP contribution in [0.2, 0.25) is 0 Å². The quantitative estimate of drug-likeness (QED) is 0.833. The summed E-state index contributed by atoms with van der Waals surface area (Å²) in [6.07, 6.45) is 0. The van der Waals surface area contributed by atoms with E-state index in [0.717, 1.165) is 15.7 Å². The Hall–Kier alpha value is -1.69. The summed E-state index contributed by atoms with van der Waals surface area (Å²) in [7, 11) is 0. The molecule has 2 fully saturated rings. The third-order valence-electron chi connectivity index (χ3n) is 5.10. The van der Waals surface area contributed by atoms with Gasteiger partial charge in [0.15, 0.2) is 0 Å². The van der Waals surface area contributed by atoms with E-state index in [4.69, 9.17) is 0 Å². The van der Waals surface area contributed by atoms with Crippen molar-refractivity contribution in [3.05, 3.63) is 64.1 Å². The van der Waals surface area contributed by atoms with Gasteiger partial charge < -0.3 is 4.90 Å². The van der Waals surface area contributed by atoms with Crippen LogP contribution < -0.4 is 15.8 Å². The summed E-state index contributed by atoms with van der Waals surface area (Å²) in [5.41, 5.74) is 9.74. The minimum Gasteiger partial charge on any atom is -0.303 e. The lowest BCUT2D eigenvalue weighted by molar-refractivity contribution is -0.119. The SMILES string of the molecule is Cc1ccc(N2C(=O)C3NNC(C)C3C2c2ccc(Br)cc2)cc1. The van der Waals surface area contributed by atoms with Crippen molar-refractivity contribution >= 4 is 27.5 Å². The lowest BCUT2D eigenvalue weighted by atomic mass is 9.87. The molecule has 0 aliphatic carbocycles. The van der Waals surface area contributed by atoms with Gasteiger partial charge in [0.1, 0.15) is 6.04 Å². The monoisotopic (exact) mass is 385 g/mol. The van der Waals surface area contributed by atoms with Crippen LogP contribution in [0.4, 0.5) is 5.69 Å². The van der Waals surface area contributed by atoms with Crippen molar-refractivity contribution < 1.29 is 4.79 Å². The molecule has 4 atom stereocenters. The molecular formula is C19H20BrN3O. The molecular weight excluding hydrogens is 366 g/mol. The molecule has 24 heavy (non-hydrogen) atoms. The minimum absolute atomic E-state index is 0.0239. The summed E-state index contributed by atoms with van der Waals surface area (Å²) in [5, 5.41) is 0. The number of anilines is 1. The van der Waals surface area contributed by atoms with E-state index >= 15 is 0 Å². The Kier molecular flexibility index (Phi) is 3.95. The lowest BCUT2D eigenvalue weighted by Crippen LogP contribution is -2.42. The van der Waals surface area contributed by atoms with Crippen molar-refractivity contribution in [1.82, 2.24) is 10.9 Å². The molecule has 2 aliphatic rings. The van der Waals surface area contributed by atoms with E-state index in [1.54, 1.807) is 0 Å². The predicted octanol–water partition coefficient (Wildman–Crippen LogP) is 3.33. The smallest absolute Gasteiger partial charge is 0.246 e. The average molecular weight is 386 g/mol. The van der Waals surface area contributed by atoms with Crippen LogP contribution in [-0.4, -0.2) is 18.0 Å². The maximum absolute atomic E-state index is 13.1. The fourth-order valence-corrected chi connectivity index (χ4v) is 4.13. The largest absolute Gasteiger partial charge is 0.303 e. The van der Waals surface area contributed by atoms with Crippen LogP contribution in [0, 0.1) is 12.8 Å². The number of carbonyl (C=O) groups is 1. The number of amides is 1. The van der Waals surface area contributed by atoms with Gasteiger partial charge >= 0.3 is 0 Å². The molecule has 4 unspecified atom stereocenters. The molecule has 0 aromatic heterocycles. The predicted molar refractivity (Wildman–Crippen MR) is 98.6 cm³/mol. The molecule has 2 aromatic carbocycles. The zero-order chi connectivity index (χ0) is 16.8. The van der Waals surface area contributed by atoms with Crippen molar-refractivity contribution in [1.29, 1.82) is 0 Å². The molecule has 4 nitrogen and oxygen atoms in total. The van der Waals surface area contributed by atoms with E-state index in [1.807, 2.05) is 29.2 Å². The van der Waals surface area contributed by atoms with Gasteiger partial charge in [-0.05, 0) is 43.7 Å². The molecule has 2 aliphatic heterocycles. The van der Waals surface area contributed by atoms with Crippen LogP contribution in [0.3, 0.4) is 0 Å². The lowest BCUT2D eigenvalue weighted by Gasteiger charge is -2.30. The summed E-state index contributed by atoms with van der Waals surface area (Å²) in [5.74, 6) is 0.327. The van der Waals surface area contributed by atoms with Gasteiger partial charge in [-0.15, -0.1) is 0 Å². The normalized spacial score (nSPS) is 29.1. The fourth-order valence-electron chi connectivity index (χ4n) is 3.87. The van der Waals surface area contributed by atoms with Gasteiger partial charge in [-0.25, -0.2) is 5.43 Å². The second-order valence-corrected chi connectivity index (χ2v) is 7.59. The number of hydrogen-bond donors (Lipinski definition) is 2. The minimum atomic E-state index is -0.185. The Morgan fingerprint density at radius 2 is 1.67 bits per heavy atom. The zero-order valence-electron chi connectivity index (χ0n) is 13.7. The van der Waals surface area contributed by atoms with E-state index in [0.29, 0.717) is 0 Å². The van der Waals surface area contributed by atoms with Crippen LogP contribution in [0.5, 0.6) is 0 Å². The number of benzene rings is 2. The van der Waals surface area contributed by atoms with Crippen LogP contribution in [0.25, 0.3) is 0 Å². The number of hydrazine groups is 1. The van der Waals surface area contributed by atoms with E-state index in [9.17, 15) is 4.79 Å². The molecule has 0 bridgehead atoms.